The van der Waals surface area contributed by atoms with Crippen LogP contribution >= 0.6 is 0 Å². The predicted octanol–water partition coefficient (Wildman–Crippen LogP) is 0.531. The number of allylic oxidation sites excluding steroid dienone is 2. The molecule has 3 nitrogen and oxygen atoms in total. The van der Waals surface area contributed by atoms with Gasteiger partial charge >= 0.3 is 0 Å². The fourth-order valence-corrected chi connectivity index (χ4v) is 2.67. The van der Waals surface area contributed by atoms with Crippen LogP contribution in [0.1, 0.15) is 19.8 Å². The summed E-state index contributed by atoms with van der Waals surface area (Å²) >= 11 is 0. The van der Waals surface area contributed by atoms with Crippen molar-refractivity contribution in [1.82, 2.24) is 5.32 Å². The summed E-state index contributed by atoms with van der Waals surface area (Å²) in [6, 6.07) is 0. The zero-order valence-electron chi connectivity index (χ0n) is 9.32. The number of aliphatic hydroxyl groups excluding tert-OH is 2. The van der Waals surface area contributed by atoms with E-state index >= 15 is 0 Å². The van der Waals surface area contributed by atoms with Crippen LogP contribution in [0.15, 0.2) is 12.2 Å². The number of aliphatic hydroxyl groups is 2. The van der Waals surface area contributed by atoms with Gasteiger partial charge in [0.05, 0.1) is 18.8 Å². The van der Waals surface area contributed by atoms with E-state index < -0.39 is 5.54 Å². The van der Waals surface area contributed by atoms with Crippen LogP contribution in [0, 0.1) is 17.8 Å². The summed E-state index contributed by atoms with van der Waals surface area (Å²) in [5, 5.41) is 21.6. The van der Waals surface area contributed by atoms with E-state index in [1.165, 1.54) is 12.8 Å². The van der Waals surface area contributed by atoms with Gasteiger partial charge in [-0.2, -0.15) is 0 Å². The molecule has 2 aliphatic rings. The van der Waals surface area contributed by atoms with Gasteiger partial charge in [0.25, 0.3) is 0 Å². The van der Waals surface area contributed by atoms with E-state index in [1.54, 1.807) is 0 Å². The second-order valence-electron chi connectivity index (χ2n) is 5.30. The van der Waals surface area contributed by atoms with Gasteiger partial charge in [0, 0.05) is 0 Å². The highest BCUT2D eigenvalue weighted by molar-refractivity contribution is 5.10. The van der Waals surface area contributed by atoms with Crippen molar-refractivity contribution < 1.29 is 10.2 Å². The van der Waals surface area contributed by atoms with E-state index in [0.717, 1.165) is 18.4 Å². The number of hydrogen-bond donors (Lipinski definition) is 3. The molecule has 2 aliphatic carbocycles. The minimum absolute atomic E-state index is 0.0137. The van der Waals surface area contributed by atoms with Crippen molar-refractivity contribution in [2.75, 3.05) is 19.8 Å². The minimum atomic E-state index is -0.522. The fraction of sp³-hybridized carbons (Fsp3) is 0.833. The molecule has 0 saturated heterocycles. The molecule has 3 N–H and O–H groups in total. The summed E-state index contributed by atoms with van der Waals surface area (Å²) in [4.78, 5) is 0. The van der Waals surface area contributed by atoms with E-state index in [2.05, 4.69) is 17.5 Å². The first-order valence-corrected chi connectivity index (χ1v) is 5.82. The van der Waals surface area contributed by atoms with Gasteiger partial charge in [0.1, 0.15) is 0 Å². The average molecular weight is 211 g/mol. The lowest BCUT2D eigenvalue weighted by Crippen LogP contribution is -2.50. The molecule has 1 fully saturated rings. The summed E-state index contributed by atoms with van der Waals surface area (Å²) in [6.45, 7) is 2.74. The standard InChI is InChI=1S/C12H21NO2/c1-12(7-14,8-15)13-6-11-5-9-2-3-10(11)4-9/h2-3,9-11,13-15H,4-8H2,1H3/t9-,10-,11-/m0/s1. The van der Waals surface area contributed by atoms with Crippen molar-refractivity contribution in [1.29, 1.82) is 0 Å². The summed E-state index contributed by atoms with van der Waals surface area (Å²) in [5.41, 5.74) is -0.522. The SMILES string of the molecule is CC(CO)(CO)NC[C@@H]1C[C@H]2C=C[C@H]1C2. The fourth-order valence-electron chi connectivity index (χ4n) is 2.67. The van der Waals surface area contributed by atoms with Crippen molar-refractivity contribution in [3.63, 3.8) is 0 Å². The van der Waals surface area contributed by atoms with Crippen LogP contribution in [0.3, 0.4) is 0 Å². The van der Waals surface area contributed by atoms with Gasteiger partial charge in [-0.05, 0) is 44.1 Å². The van der Waals surface area contributed by atoms with Crippen LogP contribution in [-0.2, 0) is 0 Å². The molecular weight excluding hydrogens is 190 g/mol. The maximum atomic E-state index is 9.15. The second-order valence-corrected chi connectivity index (χ2v) is 5.30. The molecule has 0 aliphatic heterocycles. The van der Waals surface area contributed by atoms with Crippen LogP contribution < -0.4 is 5.32 Å². The molecule has 0 unspecified atom stereocenters. The normalized spacial score (nSPS) is 33.9. The smallest absolute Gasteiger partial charge is 0.0633 e. The predicted molar refractivity (Wildman–Crippen MR) is 59.4 cm³/mol. The van der Waals surface area contributed by atoms with Crippen LogP contribution in [-0.4, -0.2) is 35.5 Å². The molecule has 0 aromatic heterocycles. The van der Waals surface area contributed by atoms with Crippen LogP contribution in [0.2, 0.25) is 0 Å². The monoisotopic (exact) mass is 211 g/mol. The van der Waals surface area contributed by atoms with E-state index in [0.29, 0.717) is 5.92 Å². The van der Waals surface area contributed by atoms with E-state index in [-0.39, 0.29) is 13.2 Å². The van der Waals surface area contributed by atoms with Gasteiger partial charge in [-0.25, -0.2) is 0 Å². The van der Waals surface area contributed by atoms with Crippen LogP contribution in [0.25, 0.3) is 0 Å². The lowest BCUT2D eigenvalue weighted by molar-refractivity contribution is 0.0991. The molecule has 86 valence electrons. The maximum Gasteiger partial charge on any atom is 0.0633 e. The van der Waals surface area contributed by atoms with Gasteiger partial charge < -0.3 is 15.5 Å². The molecule has 3 heteroatoms. The first kappa shape index (κ1) is 11.1. The first-order valence-electron chi connectivity index (χ1n) is 5.82. The third-order valence-corrected chi connectivity index (χ3v) is 3.91. The molecule has 0 radical (unpaired) electrons. The lowest BCUT2D eigenvalue weighted by Gasteiger charge is -2.29. The average Bonchev–Trinajstić information content (AvgIpc) is 2.87. The molecule has 0 spiro atoms. The third-order valence-electron chi connectivity index (χ3n) is 3.91. The number of fused-ring (bicyclic) bond motifs is 2. The van der Waals surface area contributed by atoms with Crippen molar-refractivity contribution in [3.8, 4) is 0 Å². The molecule has 0 aromatic rings. The van der Waals surface area contributed by atoms with Crippen molar-refractivity contribution in [2.24, 2.45) is 17.8 Å². The van der Waals surface area contributed by atoms with E-state index in [4.69, 9.17) is 10.2 Å². The van der Waals surface area contributed by atoms with Crippen LogP contribution in [0.4, 0.5) is 0 Å². The van der Waals surface area contributed by atoms with Gasteiger partial charge in [-0.15, -0.1) is 0 Å². The first-order chi connectivity index (χ1) is 7.17. The summed E-state index contributed by atoms with van der Waals surface area (Å²) in [6.07, 6.45) is 7.23. The molecule has 0 amide bonds. The summed E-state index contributed by atoms with van der Waals surface area (Å²) < 4.78 is 0. The van der Waals surface area contributed by atoms with Crippen LogP contribution in [0.5, 0.6) is 0 Å². The lowest BCUT2D eigenvalue weighted by atomic mass is 9.92. The highest BCUT2D eigenvalue weighted by atomic mass is 16.3. The molecule has 15 heavy (non-hydrogen) atoms. The van der Waals surface area contributed by atoms with Gasteiger partial charge in [0.15, 0.2) is 0 Å². The third kappa shape index (κ3) is 2.25. The Morgan fingerprint density at radius 2 is 2.00 bits per heavy atom. The molecule has 0 heterocycles. The van der Waals surface area contributed by atoms with Gasteiger partial charge in [0.2, 0.25) is 0 Å². The molecule has 0 aromatic carbocycles. The van der Waals surface area contributed by atoms with Gasteiger partial charge in [-0.1, -0.05) is 12.2 Å². The van der Waals surface area contributed by atoms with Crippen molar-refractivity contribution in [3.05, 3.63) is 12.2 Å². The Morgan fingerprint density at radius 3 is 2.47 bits per heavy atom. The van der Waals surface area contributed by atoms with E-state index in [9.17, 15) is 0 Å². The van der Waals surface area contributed by atoms with Crippen molar-refractivity contribution in [2.45, 2.75) is 25.3 Å². The summed E-state index contributed by atoms with van der Waals surface area (Å²) in [7, 11) is 0. The Bertz CT molecular complexity index is 248. The molecule has 2 bridgehead atoms. The van der Waals surface area contributed by atoms with Crippen molar-refractivity contribution >= 4 is 0 Å². The molecule has 1 saturated carbocycles. The zero-order chi connectivity index (χ0) is 10.9. The molecule has 2 rings (SSSR count). The molecular formula is C12H21NO2. The Balaban J connectivity index is 1.81. The number of nitrogens with one attached hydrogen (secondary N) is 1. The highest BCUT2D eigenvalue weighted by Gasteiger charge is 2.36. The largest absolute Gasteiger partial charge is 0.394 e. The highest BCUT2D eigenvalue weighted by Crippen LogP contribution is 2.43. The number of hydrogen-bond acceptors (Lipinski definition) is 3. The Morgan fingerprint density at radius 1 is 1.27 bits per heavy atom. The maximum absolute atomic E-state index is 9.15. The minimum Gasteiger partial charge on any atom is -0.394 e. The van der Waals surface area contributed by atoms with Gasteiger partial charge in [-0.3, -0.25) is 0 Å². The Labute approximate surface area is 91.2 Å². The zero-order valence-corrected chi connectivity index (χ0v) is 9.32. The molecule has 3 atom stereocenters. The second kappa shape index (κ2) is 4.24. The summed E-state index contributed by atoms with van der Waals surface area (Å²) in [5.74, 6) is 2.21. The number of rotatable bonds is 5. The topological polar surface area (TPSA) is 52.5 Å². The quantitative estimate of drug-likeness (QED) is 0.582. The van der Waals surface area contributed by atoms with E-state index in [1.807, 2.05) is 6.92 Å². The Kier molecular flexibility index (Phi) is 3.14. The Hall–Kier alpha value is -0.380.